The number of carboxylic acid groups (broad SMARTS) is 1. The molecule has 0 aromatic heterocycles. The summed E-state index contributed by atoms with van der Waals surface area (Å²) in [5.41, 5.74) is 5.33. The highest BCUT2D eigenvalue weighted by molar-refractivity contribution is 7.47. The van der Waals surface area contributed by atoms with Crippen molar-refractivity contribution in [3.63, 3.8) is 0 Å². The molecule has 4 N–H and O–H groups in total. The summed E-state index contributed by atoms with van der Waals surface area (Å²) in [5, 5.41) is 8.89. The Morgan fingerprint density at radius 3 is 1.33 bits per heavy atom. The minimum atomic E-state index is -4.71. The van der Waals surface area contributed by atoms with E-state index in [0.29, 0.717) is 12.8 Å². The molecule has 0 radical (unpaired) electrons. The summed E-state index contributed by atoms with van der Waals surface area (Å²) in [6.07, 6.45) is 38.4. The Balaban J connectivity index is 4.33. The van der Waals surface area contributed by atoms with E-state index >= 15 is 0 Å². The van der Waals surface area contributed by atoms with Gasteiger partial charge in [0.2, 0.25) is 0 Å². The molecule has 55 heavy (non-hydrogen) atoms. The number of phosphoric acid groups is 1. The number of phosphoric ester groups is 1. The molecule has 3 atom stereocenters. The van der Waals surface area contributed by atoms with Gasteiger partial charge >= 0.3 is 25.7 Å². The van der Waals surface area contributed by atoms with Crippen molar-refractivity contribution in [2.75, 3.05) is 19.8 Å². The van der Waals surface area contributed by atoms with Crippen molar-refractivity contribution in [3.05, 3.63) is 12.2 Å². The number of aliphatic carboxylic acids is 1. The van der Waals surface area contributed by atoms with E-state index in [0.717, 1.165) is 57.8 Å². The third-order valence-electron chi connectivity index (χ3n) is 9.76. The monoisotopic (exact) mass is 804 g/mol. The molecule has 0 aromatic rings. The molecule has 0 aliphatic rings. The fourth-order valence-corrected chi connectivity index (χ4v) is 7.02. The van der Waals surface area contributed by atoms with Crippen molar-refractivity contribution >= 4 is 25.7 Å². The zero-order valence-corrected chi connectivity index (χ0v) is 35.9. The molecule has 324 valence electrons. The van der Waals surface area contributed by atoms with Crippen molar-refractivity contribution in [3.8, 4) is 0 Å². The Morgan fingerprint density at radius 1 is 0.545 bits per heavy atom. The largest absolute Gasteiger partial charge is 0.480 e. The molecule has 0 aliphatic heterocycles. The van der Waals surface area contributed by atoms with Crippen molar-refractivity contribution in [2.45, 2.75) is 225 Å². The van der Waals surface area contributed by atoms with Crippen LogP contribution in [0, 0.1) is 0 Å². The molecule has 1 unspecified atom stereocenters. The molecule has 0 rings (SSSR count). The zero-order chi connectivity index (χ0) is 40.7. The first-order valence-electron chi connectivity index (χ1n) is 22.2. The molecular weight excluding hydrogens is 721 g/mol. The second-order valence-corrected chi connectivity index (χ2v) is 16.6. The Labute approximate surface area is 335 Å². The van der Waals surface area contributed by atoms with Gasteiger partial charge in [0, 0.05) is 12.8 Å². The van der Waals surface area contributed by atoms with E-state index in [2.05, 4.69) is 30.5 Å². The smallest absolute Gasteiger partial charge is 0.472 e. The minimum Gasteiger partial charge on any atom is -0.480 e. The Kier molecular flexibility index (Phi) is 37.8. The number of ether oxygens (including phenoxy) is 2. The molecular formula is C43H82NO10P. The van der Waals surface area contributed by atoms with Gasteiger partial charge in [0.15, 0.2) is 6.10 Å². The lowest BCUT2D eigenvalue weighted by Crippen LogP contribution is -2.34. The van der Waals surface area contributed by atoms with Gasteiger partial charge < -0.3 is 25.2 Å². The molecule has 0 heterocycles. The van der Waals surface area contributed by atoms with Crippen LogP contribution >= 0.6 is 7.82 Å². The van der Waals surface area contributed by atoms with Crippen LogP contribution in [-0.4, -0.2) is 59.9 Å². The number of carbonyl (C=O) groups is 3. The van der Waals surface area contributed by atoms with Gasteiger partial charge in [-0.1, -0.05) is 174 Å². The predicted molar refractivity (Wildman–Crippen MR) is 222 cm³/mol. The van der Waals surface area contributed by atoms with Crippen LogP contribution < -0.4 is 5.73 Å². The highest BCUT2D eigenvalue weighted by atomic mass is 31.2. The maximum Gasteiger partial charge on any atom is 0.472 e. The average molecular weight is 804 g/mol. The first-order valence-corrected chi connectivity index (χ1v) is 23.7. The molecule has 12 heteroatoms. The molecule has 0 aromatic carbocycles. The molecule has 0 fully saturated rings. The Hall–Kier alpha value is -1.78. The number of rotatable bonds is 42. The van der Waals surface area contributed by atoms with E-state index in [1.54, 1.807) is 0 Å². The Bertz CT molecular complexity index is 995. The van der Waals surface area contributed by atoms with E-state index in [1.807, 2.05) is 0 Å². The molecule has 0 saturated heterocycles. The number of hydrogen-bond acceptors (Lipinski definition) is 9. The molecule has 0 amide bonds. The van der Waals surface area contributed by atoms with Gasteiger partial charge in [0.1, 0.15) is 12.6 Å². The number of carboxylic acids is 1. The maximum atomic E-state index is 12.6. The van der Waals surface area contributed by atoms with Crippen LogP contribution in [0.3, 0.4) is 0 Å². The topological polar surface area (TPSA) is 172 Å². The maximum absolute atomic E-state index is 12.6. The van der Waals surface area contributed by atoms with E-state index < -0.39 is 51.1 Å². The highest BCUT2D eigenvalue weighted by Crippen LogP contribution is 2.43. The fourth-order valence-electron chi connectivity index (χ4n) is 6.24. The van der Waals surface area contributed by atoms with Crippen molar-refractivity contribution in [1.29, 1.82) is 0 Å². The van der Waals surface area contributed by atoms with E-state index in [4.69, 9.17) is 24.8 Å². The first kappa shape index (κ1) is 53.2. The van der Waals surface area contributed by atoms with Crippen molar-refractivity contribution < 1.29 is 47.5 Å². The quantitative estimate of drug-likeness (QED) is 0.0232. The normalized spacial score (nSPS) is 13.8. The summed E-state index contributed by atoms with van der Waals surface area (Å²) in [6.45, 7) is 2.81. The van der Waals surface area contributed by atoms with Gasteiger partial charge in [-0.3, -0.25) is 23.4 Å². The van der Waals surface area contributed by atoms with E-state index in [9.17, 15) is 23.8 Å². The number of unbranched alkanes of at least 4 members (excludes halogenated alkanes) is 26. The van der Waals surface area contributed by atoms with Crippen LogP contribution in [0.15, 0.2) is 12.2 Å². The summed E-state index contributed by atoms with van der Waals surface area (Å²) in [6, 6.07) is -1.52. The third-order valence-corrected chi connectivity index (χ3v) is 10.7. The van der Waals surface area contributed by atoms with Gasteiger partial charge in [-0.2, -0.15) is 0 Å². The first-order chi connectivity index (χ1) is 26.6. The number of esters is 2. The van der Waals surface area contributed by atoms with Crippen LogP contribution in [0.2, 0.25) is 0 Å². The van der Waals surface area contributed by atoms with Crippen molar-refractivity contribution in [2.24, 2.45) is 5.73 Å². The summed E-state index contributed by atoms with van der Waals surface area (Å²) in [4.78, 5) is 45.9. The third kappa shape index (κ3) is 38.9. The van der Waals surface area contributed by atoms with Crippen LogP contribution in [0.5, 0.6) is 0 Å². The van der Waals surface area contributed by atoms with Crippen LogP contribution in [0.1, 0.15) is 213 Å². The lowest BCUT2D eigenvalue weighted by atomic mass is 10.0. The van der Waals surface area contributed by atoms with Gasteiger partial charge in [-0.05, 0) is 38.5 Å². The van der Waals surface area contributed by atoms with E-state index in [1.165, 1.54) is 116 Å². The standard InChI is InChI=1S/C43H82NO10P/c1-3-5-7-9-11-13-15-17-19-21-22-24-26-28-30-32-34-41(45)51-36-39(37-52-55(49,50)53-38-40(44)43(47)48)54-42(46)35-33-31-29-27-25-23-20-18-16-14-12-10-8-6-4-2/h18,20,39-40H,3-17,19,21-38,44H2,1-2H3,(H,47,48)(H,49,50)/b20-18+/t39-,40+/m1/s1. The molecule has 0 saturated carbocycles. The summed E-state index contributed by atoms with van der Waals surface area (Å²) < 4.78 is 32.7. The number of nitrogens with two attached hydrogens (primary N) is 1. The zero-order valence-electron chi connectivity index (χ0n) is 35.0. The second-order valence-electron chi connectivity index (χ2n) is 15.2. The average Bonchev–Trinajstić information content (AvgIpc) is 3.16. The number of carbonyl (C=O) groups excluding carboxylic acids is 2. The fraction of sp³-hybridized carbons (Fsp3) is 0.884. The summed E-state index contributed by atoms with van der Waals surface area (Å²) in [7, 11) is -4.71. The summed E-state index contributed by atoms with van der Waals surface area (Å²) >= 11 is 0. The second kappa shape index (κ2) is 39.1. The predicted octanol–water partition coefficient (Wildman–Crippen LogP) is 11.7. The minimum absolute atomic E-state index is 0.155. The van der Waals surface area contributed by atoms with Crippen LogP contribution in [0.25, 0.3) is 0 Å². The Morgan fingerprint density at radius 2 is 0.909 bits per heavy atom. The van der Waals surface area contributed by atoms with Crippen LogP contribution in [0.4, 0.5) is 0 Å². The van der Waals surface area contributed by atoms with Gasteiger partial charge in [0.05, 0.1) is 13.2 Å². The van der Waals surface area contributed by atoms with E-state index in [-0.39, 0.29) is 19.4 Å². The van der Waals surface area contributed by atoms with Crippen molar-refractivity contribution in [1.82, 2.24) is 0 Å². The molecule has 0 bridgehead atoms. The number of allylic oxidation sites excluding steroid dienone is 2. The number of hydrogen-bond donors (Lipinski definition) is 3. The highest BCUT2D eigenvalue weighted by Gasteiger charge is 2.28. The van der Waals surface area contributed by atoms with Crippen LogP contribution in [-0.2, 0) is 37.5 Å². The SMILES string of the molecule is CCCCCCCC/C=C/CCCCCCCC(=O)O[C@H](COC(=O)CCCCCCCCCCCCCCCCCC)COP(=O)(O)OC[C@H](N)C(=O)O. The molecule has 11 nitrogen and oxygen atoms in total. The van der Waals surface area contributed by atoms with Gasteiger partial charge in [0.25, 0.3) is 0 Å². The lowest BCUT2D eigenvalue weighted by molar-refractivity contribution is -0.161. The van der Waals surface area contributed by atoms with Gasteiger partial charge in [-0.25, -0.2) is 4.57 Å². The van der Waals surface area contributed by atoms with Gasteiger partial charge in [-0.15, -0.1) is 0 Å². The summed E-state index contributed by atoms with van der Waals surface area (Å²) in [5.74, 6) is -2.38. The molecule has 0 spiro atoms. The molecule has 0 aliphatic carbocycles. The lowest BCUT2D eigenvalue weighted by Gasteiger charge is -2.20.